The van der Waals surface area contributed by atoms with E-state index < -0.39 is 11.5 Å². The van der Waals surface area contributed by atoms with Crippen molar-refractivity contribution in [3.63, 3.8) is 0 Å². The number of piperidine rings is 1. The highest BCUT2D eigenvalue weighted by atomic mass is 16.5. The lowest BCUT2D eigenvalue weighted by atomic mass is 9.76. The molecule has 1 aromatic heterocycles. The first-order valence-electron chi connectivity index (χ1n) is 10.9. The summed E-state index contributed by atoms with van der Waals surface area (Å²) >= 11 is 0. The molecule has 2 fully saturated rings. The molecule has 1 aromatic carbocycles. The van der Waals surface area contributed by atoms with E-state index in [4.69, 9.17) is 4.74 Å². The van der Waals surface area contributed by atoms with E-state index in [0.717, 1.165) is 37.2 Å². The zero-order valence-electron chi connectivity index (χ0n) is 17.9. The second-order valence-corrected chi connectivity index (χ2v) is 8.81. The SMILES string of the molecule is CC1=C(N2C(=O)C3(CCNCC3)CC2C[C@@H](O)c2ccc(-n3cnnn3)cc2)COC1=O. The van der Waals surface area contributed by atoms with Crippen LogP contribution in [0.5, 0.6) is 0 Å². The molecule has 0 radical (unpaired) electrons. The number of amides is 1. The zero-order valence-corrected chi connectivity index (χ0v) is 17.9. The molecular formula is C22H26N6O4. The van der Waals surface area contributed by atoms with Crippen LogP contribution in [-0.2, 0) is 14.3 Å². The van der Waals surface area contributed by atoms with Gasteiger partial charge in [0.2, 0.25) is 5.91 Å². The Bertz CT molecular complexity index is 1040. The number of nitrogens with zero attached hydrogens (tertiary/aromatic N) is 5. The van der Waals surface area contributed by atoms with Gasteiger partial charge < -0.3 is 20.1 Å². The van der Waals surface area contributed by atoms with E-state index in [2.05, 4.69) is 20.8 Å². The maximum absolute atomic E-state index is 13.6. The monoisotopic (exact) mass is 438 g/mol. The number of aliphatic hydroxyl groups is 1. The Kier molecular flexibility index (Phi) is 5.26. The Labute approximate surface area is 185 Å². The van der Waals surface area contributed by atoms with Gasteiger partial charge >= 0.3 is 5.97 Å². The Balaban J connectivity index is 1.40. The number of carbonyl (C=O) groups excluding carboxylic acids is 2. The first-order chi connectivity index (χ1) is 15.5. The van der Waals surface area contributed by atoms with Gasteiger partial charge in [0, 0.05) is 6.04 Å². The van der Waals surface area contributed by atoms with Crippen molar-refractivity contribution in [3.05, 3.63) is 47.4 Å². The number of tetrazole rings is 1. The summed E-state index contributed by atoms with van der Waals surface area (Å²) in [5, 5.41) is 25.5. The number of nitrogens with one attached hydrogen (secondary N) is 1. The van der Waals surface area contributed by atoms with E-state index in [0.29, 0.717) is 24.1 Å². The molecule has 0 aliphatic carbocycles. The second kappa shape index (κ2) is 8.10. The number of benzene rings is 1. The van der Waals surface area contributed by atoms with Gasteiger partial charge in [-0.05, 0) is 73.8 Å². The molecule has 32 heavy (non-hydrogen) atoms. The molecule has 10 heteroatoms. The predicted molar refractivity (Wildman–Crippen MR) is 112 cm³/mol. The molecule has 10 nitrogen and oxygen atoms in total. The molecule has 2 N–H and O–H groups in total. The smallest absolute Gasteiger partial charge is 0.336 e. The van der Waals surface area contributed by atoms with Crippen LogP contribution in [0, 0.1) is 5.41 Å². The fraction of sp³-hybridized carbons (Fsp3) is 0.500. The number of esters is 1. The van der Waals surface area contributed by atoms with E-state index >= 15 is 0 Å². The molecule has 5 rings (SSSR count). The summed E-state index contributed by atoms with van der Waals surface area (Å²) in [6, 6.07) is 7.17. The summed E-state index contributed by atoms with van der Waals surface area (Å²) in [7, 11) is 0. The van der Waals surface area contributed by atoms with E-state index in [1.165, 1.54) is 6.33 Å². The third kappa shape index (κ3) is 3.49. The van der Waals surface area contributed by atoms with Gasteiger partial charge in [-0.25, -0.2) is 9.48 Å². The molecule has 1 spiro atoms. The van der Waals surface area contributed by atoms with Crippen molar-refractivity contribution in [1.29, 1.82) is 0 Å². The van der Waals surface area contributed by atoms with Crippen molar-refractivity contribution in [1.82, 2.24) is 30.4 Å². The minimum absolute atomic E-state index is 0.0536. The van der Waals surface area contributed by atoms with Crippen LogP contribution in [0.1, 0.15) is 44.3 Å². The molecule has 4 heterocycles. The fourth-order valence-electron chi connectivity index (χ4n) is 5.15. The molecule has 1 unspecified atom stereocenters. The standard InChI is InChI=1S/C22H26N6O4/c1-14-18(12-32-20(14)30)28-17(11-22(21(28)31)6-8-23-9-7-22)10-19(29)15-2-4-16(5-3-15)27-13-24-25-26-27/h2-5,13,17,19,23,29H,6-12H2,1H3/t17?,19-/m1/s1. The second-order valence-electron chi connectivity index (χ2n) is 8.81. The number of cyclic esters (lactones) is 1. The topological polar surface area (TPSA) is 122 Å². The summed E-state index contributed by atoms with van der Waals surface area (Å²) in [4.78, 5) is 27.4. The molecule has 3 aliphatic heterocycles. The molecule has 3 aliphatic rings. The minimum atomic E-state index is -0.756. The lowest BCUT2D eigenvalue weighted by Crippen LogP contribution is -2.43. The normalized spacial score (nSPS) is 23.8. The van der Waals surface area contributed by atoms with Crippen molar-refractivity contribution < 1.29 is 19.4 Å². The van der Waals surface area contributed by atoms with Gasteiger partial charge in [0.1, 0.15) is 12.9 Å². The van der Waals surface area contributed by atoms with Gasteiger partial charge in [-0.15, -0.1) is 5.10 Å². The molecule has 1 amide bonds. The highest BCUT2D eigenvalue weighted by Crippen LogP contribution is 2.47. The number of likely N-dealkylation sites (tertiary alicyclic amines) is 1. The van der Waals surface area contributed by atoms with Crippen molar-refractivity contribution in [2.45, 2.75) is 44.8 Å². The van der Waals surface area contributed by atoms with Gasteiger partial charge in [-0.2, -0.15) is 0 Å². The number of rotatable bonds is 5. The summed E-state index contributed by atoms with van der Waals surface area (Å²) in [6.07, 6.45) is 3.32. The number of aromatic nitrogens is 4. The zero-order chi connectivity index (χ0) is 22.3. The third-order valence-electron chi connectivity index (χ3n) is 6.98. The Morgan fingerprint density at radius 1 is 1.25 bits per heavy atom. The maximum atomic E-state index is 13.6. The largest absolute Gasteiger partial charge is 0.456 e. The van der Waals surface area contributed by atoms with Crippen LogP contribution in [0.4, 0.5) is 0 Å². The Morgan fingerprint density at radius 3 is 2.62 bits per heavy atom. The number of hydrogen-bond donors (Lipinski definition) is 2. The Hall–Kier alpha value is -3.11. The first kappa shape index (κ1) is 20.8. The molecule has 2 saturated heterocycles. The van der Waals surface area contributed by atoms with Gasteiger partial charge in [0.15, 0.2) is 0 Å². The van der Waals surface area contributed by atoms with E-state index in [1.807, 2.05) is 24.3 Å². The van der Waals surface area contributed by atoms with Crippen LogP contribution >= 0.6 is 0 Å². The molecule has 2 atom stereocenters. The van der Waals surface area contributed by atoms with Crippen molar-refractivity contribution >= 4 is 11.9 Å². The average Bonchev–Trinajstić information content (AvgIpc) is 3.51. The van der Waals surface area contributed by atoms with Crippen molar-refractivity contribution in [2.24, 2.45) is 5.41 Å². The molecule has 2 aromatic rings. The molecule has 168 valence electrons. The van der Waals surface area contributed by atoms with Gasteiger partial charge in [0.25, 0.3) is 0 Å². The average molecular weight is 438 g/mol. The van der Waals surface area contributed by atoms with Crippen LogP contribution in [0.2, 0.25) is 0 Å². The van der Waals surface area contributed by atoms with Crippen molar-refractivity contribution in [2.75, 3.05) is 19.7 Å². The summed E-state index contributed by atoms with van der Waals surface area (Å²) in [5.41, 5.74) is 2.22. The van der Waals surface area contributed by atoms with Crippen molar-refractivity contribution in [3.8, 4) is 5.69 Å². The van der Waals surface area contributed by atoms with E-state index in [9.17, 15) is 14.7 Å². The Morgan fingerprint density at radius 2 is 2.00 bits per heavy atom. The highest BCUT2D eigenvalue weighted by Gasteiger charge is 2.53. The first-order valence-corrected chi connectivity index (χ1v) is 10.9. The quantitative estimate of drug-likeness (QED) is 0.660. The van der Waals surface area contributed by atoms with Gasteiger partial charge in [-0.3, -0.25) is 4.79 Å². The number of aliphatic hydroxyl groups excluding tert-OH is 1. The van der Waals surface area contributed by atoms with E-state index in [1.54, 1.807) is 16.5 Å². The maximum Gasteiger partial charge on any atom is 0.336 e. The van der Waals surface area contributed by atoms with Crippen LogP contribution in [-0.4, -0.2) is 67.8 Å². The molecular weight excluding hydrogens is 412 g/mol. The summed E-state index contributed by atoms with van der Waals surface area (Å²) < 4.78 is 6.74. The number of ether oxygens (including phenoxy) is 1. The lowest BCUT2D eigenvalue weighted by molar-refractivity contribution is -0.138. The minimum Gasteiger partial charge on any atom is -0.456 e. The fourth-order valence-corrected chi connectivity index (χ4v) is 5.15. The van der Waals surface area contributed by atoms with Crippen LogP contribution in [0.3, 0.4) is 0 Å². The lowest BCUT2D eigenvalue weighted by Gasteiger charge is -2.32. The highest BCUT2D eigenvalue weighted by molar-refractivity contribution is 5.94. The molecule has 0 bridgehead atoms. The molecule has 0 saturated carbocycles. The van der Waals surface area contributed by atoms with Gasteiger partial charge in [0.05, 0.1) is 28.5 Å². The number of hydrogen-bond acceptors (Lipinski definition) is 8. The van der Waals surface area contributed by atoms with E-state index in [-0.39, 0.29) is 24.5 Å². The third-order valence-corrected chi connectivity index (χ3v) is 6.98. The summed E-state index contributed by atoms with van der Waals surface area (Å²) in [5.74, 6) is -0.325. The van der Waals surface area contributed by atoms with Crippen LogP contribution in [0.15, 0.2) is 41.9 Å². The number of carbonyl (C=O) groups is 2. The summed E-state index contributed by atoms with van der Waals surface area (Å²) in [6.45, 7) is 3.40. The van der Waals surface area contributed by atoms with Crippen LogP contribution in [0.25, 0.3) is 5.69 Å². The predicted octanol–water partition coefficient (Wildman–Crippen LogP) is 0.887. The van der Waals surface area contributed by atoms with Crippen LogP contribution < -0.4 is 5.32 Å². The van der Waals surface area contributed by atoms with Gasteiger partial charge in [-0.1, -0.05) is 12.1 Å².